The van der Waals surface area contributed by atoms with Crippen LogP contribution in [-0.2, 0) is 4.74 Å². The fraction of sp³-hybridized carbons (Fsp3) is 0.588. The second kappa shape index (κ2) is 6.03. The lowest BCUT2D eigenvalue weighted by Crippen LogP contribution is -2.58. The summed E-state index contributed by atoms with van der Waals surface area (Å²) >= 11 is 0. The van der Waals surface area contributed by atoms with E-state index in [-0.39, 0.29) is 23.1 Å². The van der Waals surface area contributed by atoms with E-state index < -0.39 is 5.82 Å². The maximum Gasteiger partial charge on any atom is 0.141 e. The summed E-state index contributed by atoms with van der Waals surface area (Å²) in [5.74, 6) is 0.0529. The molecule has 0 heterocycles. The minimum atomic E-state index is -0.478. The summed E-state index contributed by atoms with van der Waals surface area (Å²) in [6.45, 7) is 9.41. The Morgan fingerprint density at radius 2 is 2.19 bits per heavy atom. The van der Waals surface area contributed by atoms with Crippen LogP contribution in [0.4, 0.5) is 10.1 Å². The lowest BCUT2D eigenvalue weighted by molar-refractivity contribution is -0.108. The van der Waals surface area contributed by atoms with E-state index in [1.165, 1.54) is 6.07 Å². The van der Waals surface area contributed by atoms with Crippen molar-refractivity contribution in [3.63, 3.8) is 0 Å². The number of hydrogen-bond acceptors (Lipinski definition) is 3. The molecule has 1 aliphatic rings. The van der Waals surface area contributed by atoms with Crippen LogP contribution in [0, 0.1) is 28.5 Å². The molecule has 0 aliphatic heterocycles. The molecule has 1 aromatic carbocycles. The number of ether oxygens (including phenoxy) is 1. The first kappa shape index (κ1) is 15.8. The maximum absolute atomic E-state index is 13.3. The van der Waals surface area contributed by atoms with Crippen LogP contribution in [0.5, 0.6) is 0 Å². The number of nitrogens with zero attached hydrogens (tertiary/aromatic N) is 1. The Bertz CT molecular complexity index is 548. The van der Waals surface area contributed by atoms with Crippen molar-refractivity contribution in [2.24, 2.45) is 11.3 Å². The highest BCUT2D eigenvalue weighted by atomic mass is 19.1. The molecule has 0 amide bonds. The molecular weight excluding hydrogens is 267 g/mol. The normalized spacial score (nSPS) is 23.5. The monoisotopic (exact) mass is 290 g/mol. The van der Waals surface area contributed by atoms with Crippen LogP contribution >= 0.6 is 0 Å². The highest BCUT2D eigenvalue weighted by molar-refractivity contribution is 5.51. The highest BCUT2D eigenvalue weighted by Crippen LogP contribution is 2.44. The van der Waals surface area contributed by atoms with Gasteiger partial charge in [0.15, 0.2) is 0 Å². The van der Waals surface area contributed by atoms with Crippen molar-refractivity contribution < 1.29 is 9.13 Å². The lowest BCUT2D eigenvalue weighted by atomic mass is 9.64. The molecule has 0 saturated heterocycles. The van der Waals surface area contributed by atoms with E-state index in [1.54, 1.807) is 12.1 Å². The molecule has 1 N–H and O–H groups in total. The van der Waals surface area contributed by atoms with Crippen molar-refractivity contribution in [2.75, 3.05) is 11.9 Å². The summed E-state index contributed by atoms with van der Waals surface area (Å²) in [7, 11) is 0. The average Bonchev–Trinajstić information content (AvgIpc) is 2.43. The molecule has 1 aliphatic carbocycles. The van der Waals surface area contributed by atoms with Gasteiger partial charge in [0.05, 0.1) is 11.7 Å². The smallest absolute Gasteiger partial charge is 0.141 e. The first-order chi connectivity index (χ1) is 9.84. The zero-order valence-electron chi connectivity index (χ0n) is 13.1. The molecule has 0 bridgehead atoms. The number of nitriles is 1. The van der Waals surface area contributed by atoms with E-state index in [2.05, 4.69) is 33.0 Å². The average molecular weight is 290 g/mol. The molecule has 1 saturated carbocycles. The first-order valence-electron chi connectivity index (χ1n) is 7.42. The number of anilines is 1. The van der Waals surface area contributed by atoms with E-state index >= 15 is 0 Å². The van der Waals surface area contributed by atoms with Gasteiger partial charge < -0.3 is 10.1 Å². The van der Waals surface area contributed by atoms with Gasteiger partial charge in [0.2, 0.25) is 0 Å². The van der Waals surface area contributed by atoms with Crippen molar-refractivity contribution in [3.05, 3.63) is 29.6 Å². The minimum absolute atomic E-state index is 0.0239. The maximum atomic E-state index is 13.3. The lowest BCUT2D eigenvalue weighted by Gasteiger charge is -2.52. The van der Waals surface area contributed by atoms with Gasteiger partial charge >= 0.3 is 0 Å². The fourth-order valence-electron chi connectivity index (χ4n) is 2.62. The van der Waals surface area contributed by atoms with Crippen LogP contribution in [-0.4, -0.2) is 18.8 Å². The van der Waals surface area contributed by atoms with Crippen molar-refractivity contribution in [3.8, 4) is 6.07 Å². The highest BCUT2D eigenvalue weighted by Gasteiger charge is 2.49. The topological polar surface area (TPSA) is 45.0 Å². The molecule has 4 heteroatoms. The van der Waals surface area contributed by atoms with Gasteiger partial charge in [0, 0.05) is 23.8 Å². The van der Waals surface area contributed by atoms with Gasteiger partial charge in [-0.2, -0.15) is 5.26 Å². The van der Waals surface area contributed by atoms with Crippen molar-refractivity contribution >= 4 is 5.69 Å². The van der Waals surface area contributed by atoms with Crippen molar-refractivity contribution in [2.45, 2.75) is 46.3 Å². The molecule has 114 valence electrons. The molecule has 0 radical (unpaired) electrons. The summed E-state index contributed by atoms with van der Waals surface area (Å²) < 4.78 is 19.3. The van der Waals surface area contributed by atoms with Crippen LogP contribution in [0.2, 0.25) is 0 Å². The van der Waals surface area contributed by atoms with Crippen LogP contribution in [0.25, 0.3) is 0 Å². The van der Waals surface area contributed by atoms with Gasteiger partial charge in [0.1, 0.15) is 11.9 Å². The summed E-state index contributed by atoms with van der Waals surface area (Å²) in [6.07, 6.45) is 1.17. The molecule has 2 atom stereocenters. The Kier molecular flexibility index (Phi) is 4.53. The van der Waals surface area contributed by atoms with Crippen LogP contribution in [0.15, 0.2) is 18.2 Å². The van der Waals surface area contributed by atoms with Crippen molar-refractivity contribution in [1.82, 2.24) is 0 Å². The van der Waals surface area contributed by atoms with Gasteiger partial charge in [-0.3, -0.25) is 0 Å². The third-order valence-electron chi connectivity index (χ3n) is 4.24. The fourth-order valence-corrected chi connectivity index (χ4v) is 2.62. The number of rotatable bonds is 5. The third kappa shape index (κ3) is 3.36. The number of benzene rings is 1. The molecular formula is C17H23FN2O. The third-order valence-corrected chi connectivity index (χ3v) is 4.24. The van der Waals surface area contributed by atoms with E-state index in [0.29, 0.717) is 5.92 Å². The van der Waals surface area contributed by atoms with Gasteiger partial charge in [-0.25, -0.2) is 4.39 Å². The molecule has 3 nitrogen and oxygen atoms in total. The number of hydrogen-bond donors (Lipinski definition) is 1. The summed E-state index contributed by atoms with van der Waals surface area (Å²) in [5.41, 5.74) is 0.883. The Hall–Kier alpha value is -1.60. The molecule has 1 fully saturated rings. The predicted molar refractivity (Wildman–Crippen MR) is 81.5 cm³/mol. The molecule has 0 aromatic heterocycles. The van der Waals surface area contributed by atoms with Crippen LogP contribution < -0.4 is 5.32 Å². The second-order valence-corrected chi connectivity index (χ2v) is 6.78. The van der Waals surface area contributed by atoms with E-state index in [0.717, 1.165) is 18.7 Å². The molecule has 2 rings (SSSR count). The Morgan fingerprint density at radius 1 is 1.48 bits per heavy atom. The summed E-state index contributed by atoms with van der Waals surface area (Å²) in [6, 6.07) is 6.71. The zero-order valence-corrected chi connectivity index (χ0v) is 13.1. The van der Waals surface area contributed by atoms with Gasteiger partial charge in [-0.1, -0.05) is 27.7 Å². The summed E-state index contributed by atoms with van der Waals surface area (Å²) in [5, 5.41) is 12.3. The minimum Gasteiger partial charge on any atom is -0.382 e. The van der Waals surface area contributed by atoms with Gasteiger partial charge in [-0.05, 0) is 30.5 Å². The van der Waals surface area contributed by atoms with E-state index in [1.807, 2.05) is 6.07 Å². The Morgan fingerprint density at radius 3 is 2.76 bits per heavy atom. The van der Waals surface area contributed by atoms with E-state index in [4.69, 9.17) is 10.00 Å². The zero-order chi connectivity index (χ0) is 15.6. The quantitative estimate of drug-likeness (QED) is 0.893. The standard InChI is InChI=1S/C17H23FN2O/c1-11(2)10-21-16-8-15(17(16,3)4)20-13-5-6-14(18)12(7-13)9-19/h5-7,11,15-16,20H,8,10H2,1-4H3. The predicted octanol–water partition coefficient (Wildman–Crippen LogP) is 3.95. The molecule has 1 aromatic rings. The van der Waals surface area contributed by atoms with Gasteiger partial charge in [0.25, 0.3) is 0 Å². The second-order valence-electron chi connectivity index (χ2n) is 6.78. The van der Waals surface area contributed by atoms with Crippen LogP contribution in [0.1, 0.15) is 39.7 Å². The van der Waals surface area contributed by atoms with Crippen LogP contribution in [0.3, 0.4) is 0 Å². The Labute approximate surface area is 126 Å². The molecule has 21 heavy (non-hydrogen) atoms. The SMILES string of the molecule is CC(C)COC1CC(Nc2ccc(F)c(C#N)c2)C1(C)C. The number of halogens is 1. The molecule has 2 unspecified atom stereocenters. The summed E-state index contributed by atoms with van der Waals surface area (Å²) in [4.78, 5) is 0. The van der Waals surface area contributed by atoms with E-state index in [9.17, 15) is 4.39 Å². The molecule has 0 spiro atoms. The van der Waals surface area contributed by atoms with Gasteiger partial charge in [-0.15, -0.1) is 0 Å². The Balaban J connectivity index is 1.98. The number of nitrogens with one attached hydrogen (secondary N) is 1. The largest absolute Gasteiger partial charge is 0.382 e. The first-order valence-corrected chi connectivity index (χ1v) is 7.42. The van der Waals surface area contributed by atoms with Crippen molar-refractivity contribution in [1.29, 1.82) is 5.26 Å².